The normalized spacial score (nSPS) is 12.9. The van der Waals surface area contributed by atoms with Crippen LogP contribution in [0.4, 0.5) is 0 Å². The highest BCUT2D eigenvalue weighted by Gasteiger charge is 2.15. The van der Waals surface area contributed by atoms with E-state index in [9.17, 15) is 14.7 Å². The number of ether oxygens (including phenoxy) is 2. The summed E-state index contributed by atoms with van der Waals surface area (Å²) in [4.78, 5) is 24.1. The molecule has 246 valence electrons. The van der Waals surface area contributed by atoms with E-state index in [-0.39, 0.29) is 31.6 Å². The Balaban J connectivity index is 3.71. The molecule has 0 rings (SSSR count). The molecule has 43 heavy (non-hydrogen) atoms. The molecule has 0 saturated carbocycles. The Labute approximate surface area is 264 Å². The van der Waals surface area contributed by atoms with Crippen molar-refractivity contribution in [2.75, 3.05) is 13.2 Å². The summed E-state index contributed by atoms with van der Waals surface area (Å²) in [7, 11) is 0. The fourth-order valence-electron chi connectivity index (χ4n) is 4.47. The molecule has 0 aromatic carbocycles. The van der Waals surface area contributed by atoms with Gasteiger partial charge in [0, 0.05) is 12.8 Å². The number of carbonyl (C=O) groups is 2. The van der Waals surface area contributed by atoms with E-state index in [2.05, 4.69) is 74.6 Å². The molecule has 0 fully saturated rings. The first-order valence-corrected chi connectivity index (χ1v) is 17.3. The molecule has 0 heterocycles. The third kappa shape index (κ3) is 32.4. The van der Waals surface area contributed by atoms with E-state index in [0.717, 1.165) is 57.8 Å². The van der Waals surface area contributed by atoms with Gasteiger partial charge in [0.2, 0.25) is 0 Å². The third-order valence-electron chi connectivity index (χ3n) is 7.08. The first-order valence-electron chi connectivity index (χ1n) is 17.3. The molecule has 0 bridgehead atoms. The van der Waals surface area contributed by atoms with Crippen LogP contribution in [0.1, 0.15) is 149 Å². The Kier molecular flexibility index (Phi) is 32.2. The maximum absolute atomic E-state index is 12.1. The van der Waals surface area contributed by atoms with Crippen LogP contribution in [-0.4, -0.2) is 36.4 Å². The van der Waals surface area contributed by atoms with Crippen LogP contribution >= 0.6 is 0 Å². The molecular formula is C38H64O5. The van der Waals surface area contributed by atoms with Crippen molar-refractivity contribution < 1.29 is 24.2 Å². The van der Waals surface area contributed by atoms with Crippen molar-refractivity contribution in [1.29, 1.82) is 0 Å². The highest BCUT2D eigenvalue weighted by atomic mass is 16.6. The summed E-state index contributed by atoms with van der Waals surface area (Å²) in [6, 6.07) is 0. The lowest BCUT2D eigenvalue weighted by atomic mass is 10.0. The maximum Gasteiger partial charge on any atom is 0.306 e. The summed E-state index contributed by atoms with van der Waals surface area (Å²) in [6.07, 6.45) is 42.8. The van der Waals surface area contributed by atoms with Crippen molar-refractivity contribution in [2.24, 2.45) is 0 Å². The standard InChI is InChI=1S/C38H64O5/c1-3-5-7-9-11-13-15-17-18-19-20-21-23-25-27-29-31-33-38(41)43-36(34-39)35-42-37(40)32-30-28-26-24-22-16-14-12-10-8-6-4-2/h5,7,11,13,17-18,20-21,25,27,36,39H,3-4,6,8-10,12,14-16,19,22-24,26,28-35H2,1-2H3/t36-/m0/s1. The minimum absolute atomic E-state index is 0.0892. The third-order valence-corrected chi connectivity index (χ3v) is 7.08. The number of allylic oxidation sites excluding steroid dienone is 10. The van der Waals surface area contributed by atoms with Gasteiger partial charge in [-0.15, -0.1) is 0 Å². The number of rotatable bonds is 30. The first-order chi connectivity index (χ1) is 21.1. The lowest BCUT2D eigenvalue weighted by Crippen LogP contribution is -2.28. The number of aliphatic hydroxyl groups is 1. The zero-order valence-corrected chi connectivity index (χ0v) is 27.7. The Hall–Kier alpha value is -2.40. The SMILES string of the molecule is CCC=CCC=CCC=CCC=CCC=CCCCC(=O)O[C@@H](CO)COC(=O)CCCCCCCCCCCCCC. The number of carbonyl (C=O) groups excluding carboxylic acids is 2. The molecule has 1 atom stereocenters. The Morgan fingerprint density at radius 1 is 0.558 bits per heavy atom. The highest BCUT2D eigenvalue weighted by Crippen LogP contribution is 2.13. The van der Waals surface area contributed by atoms with Crippen LogP contribution in [0.2, 0.25) is 0 Å². The van der Waals surface area contributed by atoms with Gasteiger partial charge in [-0.1, -0.05) is 145 Å². The molecule has 0 aliphatic rings. The van der Waals surface area contributed by atoms with E-state index < -0.39 is 6.10 Å². The second kappa shape index (κ2) is 34.1. The average Bonchev–Trinajstić information content (AvgIpc) is 3.01. The van der Waals surface area contributed by atoms with Crippen molar-refractivity contribution in [3.8, 4) is 0 Å². The van der Waals surface area contributed by atoms with Crippen LogP contribution < -0.4 is 0 Å². The molecule has 0 unspecified atom stereocenters. The van der Waals surface area contributed by atoms with Crippen LogP contribution in [-0.2, 0) is 19.1 Å². The van der Waals surface area contributed by atoms with Gasteiger partial charge in [-0.25, -0.2) is 0 Å². The number of hydrogen-bond donors (Lipinski definition) is 1. The lowest BCUT2D eigenvalue weighted by Gasteiger charge is -2.15. The van der Waals surface area contributed by atoms with Gasteiger partial charge in [0.25, 0.3) is 0 Å². The van der Waals surface area contributed by atoms with Crippen molar-refractivity contribution in [2.45, 2.75) is 155 Å². The van der Waals surface area contributed by atoms with Crippen LogP contribution in [0.3, 0.4) is 0 Å². The number of aliphatic hydroxyl groups excluding tert-OH is 1. The summed E-state index contributed by atoms with van der Waals surface area (Å²) >= 11 is 0. The zero-order valence-electron chi connectivity index (χ0n) is 27.7. The van der Waals surface area contributed by atoms with E-state index in [1.807, 2.05) is 0 Å². The van der Waals surface area contributed by atoms with Crippen LogP contribution in [0, 0.1) is 0 Å². The molecule has 1 N–H and O–H groups in total. The molecule has 0 spiro atoms. The van der Waals surface area contributed by atoms with E-state index in [0.29, 0.717) is 12.8 Å². The van der Waals surface area contributed by atoms with Crippen molar-refractivity contribution in [1.82, 2.24) is 0 Å². The average molecular weight is 601 g/mol. The Morgan fingerprint density at radius 3 is 1.49 bits per heavy atom. The molecule has 0 radical (unpaired) electrons. The van der Waals surface area contributed by atoms with Crippen LogP contribution in [0.5, 0.6) is 0 Å². The molecule has 5 nitrogen and oxygen atoms in total. The van der Waals surface area contributed by atoms with Crippen molar-refractivity contribution in [3.63, 3.8) is 0 Å². The summed E-state index contributed by atoms with van der Waals surface area (Å²) in [5, 5.41) is 9.50. The molecule has 0 amide bonds. The fraction of sp³-hybridized carbons (Fsp3) is 0.684. The zero-order chi connectivity index (χ0) is 31.5. The predicted octanol–water partition coefficient (Wildman–Crippen LogP) is 10.4. The van der Waals surface area contributed by atoms with Gasteiger partial charge in [0.1, 0.15) is 6.61 Å². The van der Waals surface area contributed by atoms with Gasteiger partial charge < -0.3 is 14.6 Å². The van der Waals surface area contributed by atoms with Gasteiger partial charge in [0.15, 0.2) is 6.10 Å². The topological polar surface area (TPSA) is 72.8 Å². The number of unbranched alkanes of at least 4 members (excludes halogenated alkanes) is 12. The monoisotopic (exact) mass is 600 g/mol. The second-order valence-corrected chi connectivity index (χ2v) is 11.2. The van der Waals surface area contributed by atoms with E-state index in [1.165, 1.54) is 57.8 Å². The van der Waals surface area contributed by atoms with E-state index >= 15 is 0 Å². The van der Waals surface area contributed by atoms with Gasteiger partial charge >= 0.3 is 11.9 Å². The fourth-order valence-corrected chi connectivity index (χ4v) is 4.47. The van der Waals surface area contributed by atoms with Crippen molar-refractivity contribution in [3.05, 3.63) is 60.8 Å². The Morgan fingerprint density at radius 2 is 1.00 bits per heavy atom. The summed E-state index contributed by atoms with van der Waals surface area (Å²) in [5.41, 5.74) is 0. The number of hydrogen-bond acceptors (Lipinski definition) is 5. The van der Waals surface area contributed by atoms with Gasteiger partial charge in [-0.05, 0) is 51.4 Å². The molecule has 0 aliphatic carbocycles. The summed E-state index contributed by atoms with van der Waals surface area (Å²) in [6.45, 7) is 3.95. The molecule has 0 aromatic rings. The van der Waals surface area contributed by atoms with E-state index in [1.54, 1.807) is 0 Å². The minimum Gasteiger partial charge on any atom is -0.462 e. The predicted molar refractivity (Wildman–Crippen MR) is 182 cm³/mol. The molecule has 5 heteroatoms. The van der Waals surface area contributed by atoms with E-state index in [4.69, 9.17) is 9.47 Å². The largest absolute Gasteiger partial charge is 0.462 e. The minimum atomic E-state index is -0.799. The van der Waals surface area contributed by atoms with Crippen LogP contribution in [0.15, 0.2) is 60.8 Å². The van der Waals surface area contributed by atoms with Gasteiger partial charge in [-0.2, -0.15) is 0 Å². The molecule has 0 aromatic heterocycles. The Bertz CT molecular complexity index is 777. The molecular weight excluding hydrogens is 536 g/mol. The van der Waals surface area contributed by atoms with Crippen molar-refractivity contribution >= 4 is 11.9 Å². The molecule has 0 aliphatic heterocycles. The smallest absolute Gasteiger partial charge is 0.306 e. The maximum atomic E-state index is 12.1. The first kappa shape index (κ1) is 40.6. The second-order valence-electron chi connectivity index (χ2n) is 11.2. The quantitative estimate of drug-likeness (QED) is 0.0504. The summed E-state index contributed by atoms with van der Waals surface area (Å²) in [5.74, 6) is -0.664. The van der Waals surface area contributed by atoms with Gasteiger partial charge in [0.05, 0.1) is 6.61 Å². The lowest BCUT2D eigenvalue weighted by molar-refractivity contribution is -0.161. The summed E-state index contributed by atoms with van der Waals surface area (Å²) < 4.78 is 10.5. The number of esters is 2. The highest BCUT2D eigenvalue weighted by molar-refractivity contribution is 5.70. The molecule has 0 saturated heterocycles. The van der Waals surface area contributed by atoms with Crippen LogP contribution in [0.25, 0.3) is 0 Å². The van der Waals surface area contributed by atoms with Gasteiger partial charge in [-0.3, -0.25) is 9.59 Å².